The molecule has 2 atom stereocenters. The highest BCUT2D eigenvalue weighted by Gasteiger charge is 2.46. The van der Waals surface area contributed by atoms with Crippen LogP contribution in [0.4, 0.5) is 15.8 Å². The molecule has 6 heteroatoms. The lowest BCUT2D eigenvalue weighted by atomic mass is 9.86. The van der Waals surface area contributed by atoms with Crippen molar-refractivity contribution < 1.29 is 4.39 Å². The largest absolute Gasteiger partial charge is 0.366 e. The molecule has 2 fully saturated rings. The molecule has 0 aromatic heterocycles. The number of aryl methyl sites for hydroxylation is 2. The molecule has 34 heavy (non-hydrogen) atoms. The van der Waals surface area contributed by atoms with Crippen molar-refractivity contribution in [3.63, 3.8) is 0 Å². The van der Waals surface area contributed by atoms with Crippen molar-refractivity contribution >= 4 is 23.3 Å². The molecule has 0 aliphatic carbocycles. The molecule has 5 rings (SSSR count). The average Bonchev–Trinajstić information content (AvgIpc) is 2.82. The second kappa shape index (κ2) is 8.76. The number of nitrogens with one attached hydrogen (secondary N) is 3. The Kier molecular flexibility index (Phi) is 5.78. The molecule has 1 unspecified atom stereocenters. The van der Waals surface area contributed by atoms with Gasteiger partial charge in [0.1, 0.15) is 11.7 Å². The number of benzene rings is 2. The van der Waals surface area contributed by atoms with E-state index in [9.17, 15) is 4.39 Å². The first-order valence-corrected chi connectivity index (χ1v) is 12.0. The van der Waals surface area contributed by atoms with Gasteiger partial charge in [0.25, 0.3) is 0 Å². The summed E-state index contributed by atoms with van der Waals surface area (Å²) in [6.07, 6.45) is 4.70. The van der Waals surface area contributed by atoms with Crippen LogP contribution < -0.4 is 20.9 Å². The highest BCUT2D eigenvalue weighted by molar-refractivity contribution is 6.02. The Morgan fingerprint density at radius 3 is 2.82 bits per heavy atom. The number of anilines is 2. The van der Waals surface area contributed by atoms with E-state index in [-0.39, 0.29) is 5.82 Å². The second-order valence-electron chi connectivity index (χ2n) is 9.23. The SMILES string of the molecule is C=Cc1c(C)c(F)cc(NC(=C)C2=CCNC(c3c(C)cccc3CC)=N2)c1N1C[C@H]2NCC21. The third-order valence-electron chi connectivity index (χ3n) is 7.25. The lowest BCUT2D eigenvalue weighted by Gasteiger charge is -2.58. The molecular formula is C28H32FN5. The predicted molar refractivity (Wildman–Crippen MR) is 140 cm³/mol. The van der Waals surface area contributed by atoms with Crippen molar-refractivity contribution in [1.82, 2.24) is 10.6 Å². The summed E-state index contributed by atoms with van der Waals surface area (Å²) in [6.45, 7) is 16.8. The molecule has 0 amide bonds. The molecule has 176 valence electrons. The van der Waals surface area contributed by atoms with Gasteiger partial charge in [-0.25, -0.2) is 9.38 Å². The first-order chi connectivity index (χ1) is 16.4. The summed E-state index contributed by atoms with van der Waals surface area (Å²) in [5.41, 5.74) is 8.13. The third-order valence-corrected chi connectivity index (χ3v) is 7.25. The van der Waals surface area contributed by atoms with Crippen LogP contribution in [0.3, 0.4) is 0 Å². The topological polar surface area (TPSA) is 51.7 Å². The Balaban J connectivity index is 1.48. The van der Waals surface area contributed by atoms with Gasteiger partial charge in [-0.2, -0.15) is 0 Å². The van der Waals surface area contributed by atoms with Gasteiger partial charge >= 0.3 is 0 Å². The summed E-state index contributed by atoms with van der Waals surface area (Å²) in [5.74, 6) is 0.595. The number of amidine groups is 1. The van der Waals surface area contributed by atoms with Crippen molar-refractivity contribution in [2.75, 3.05) is 29.9 Å². The molecule has 3 aliphatic heterocycles. The third kappa shape index (κ3) is 3.62. The molecular weight excluding hydrogens is 425 g/mol. The smallest absolute Gasteiger partial charge is 0.134 e. The Labute approximate surface area is 201 Å². The van der Waals surface area contributed by atoms with E-state index in [0.717, 1.165) is 47.9 Å². The quantitative estimate of drug-likeness (QED) is 0.566. The van der Waals surface area contributed by atoms with Crippen molar-refractivity contribution in [1.29, 1.82) is 0 Å². The zero-order chi connectivity index (χ0) is 24.0. The normalized spacial score (nSPS) is 20.8. The molecule has 2 aromatic rings. The van der Waals surface area contributed by atoms with E-state index in [0.29, 0.717) is 35.6 Å². The standard InChI is InChI=1S/C28H32FN5/c1-6-19-10-8-9-16(3)26(19)28-30-12-11-22(33-28)18(5)32-23-13-21(29)17(4)20(7-2)27(23)34-15-24-25(34)14-31-24/h7-11,13,24-25,31-32H,2,5-6,12,14-15H2,1,3-4H3,(H,30,33)/t24-,25?/m1/s1. The molecule has 0 radical (unpaired) electrons. The maximum absolute atomic E-state index is 14.9. The highest BCUT2D eigenvalue weighted by Crippen LogP contribution is 2.42. The fourth-order valence-electron chi connectivity index (χ4n) is 5.15. The second-order valence-corrected chi connectivity index (χ2v) is 9.23. The maximum Gasteiger partial charge on any atom is 0.134 e. The maximum atomic E-state index is 14.9. The Bertz CT molecular complexity index is 1240. The van der Waals surface area contributed by atoms with Crippen LogP contribution in [0.2, 0.25) is 0 Å². The zero-order valence-electron chi connectivity index (χ0n) is 20.1. The molecule has 0 bridgehead atoms. The van der Waals surface area contributed by atoms with Gasteiger partial charge in [-0.05, 0) is 49.1 Å². The van der Waals surface area contributed by atoms with E-state index in [2.05, 4.69) is 66.1 Å². The lowest BCUT2D eigenvalue weighted by molar-refractivity contribution is 0.213. The number of aliphatic imine (C=N–C) groups is 1. The van der Waals surface area contributed by atoms with Gasteiger partial charge in [-0.1, -0.05) is 44.4 Å². The number of piperazine rings is 1. The van der Waals surface area contributed by atoms with E-state index < -0.39 is 0 Å². The number of hydrogen-bond donors (Lipinski definition) is 3. The monoisotopic (exact) mass is 457 g/mol. The molecule has 2 saturated heterocycles. The summed E-state index contributed by atoms with van der Waals surface area (Å²) >= 11 is 0. The van der Waals surface area contributed by atoms with Crippen molar-refractivity contribution in [3.8, 4) is 0 Å². The van der Waals surface area contributed by atoms with Gasteiger partial charge in [0.15, 0.2) is 0 Å². The van der Waals surface area contributed by atoms with Crippen LogP contribution in [0.25, 0.3) is 6.08 Å². The predicted octanol–water partition coefficient (Wildman–Crippen LogP) is 4.67. The van der Waals surface area contributed by atoms with Crippen LogP contribution in [-0.2, 0) is 6.42 Å². The van der Waals surface area contributed by atoms with Crippen molar-refractivity contribution in [3.05, 3.63) is 88.5 Å². The van der Waals surface area contributed by atoms with E-state index in [1.807, 2.05) is 13.0 Å². The van der Waals surface area contributed by atoms with Gasteiger partial charge < -0.3 is 20.9 Å². The summed E-state index contributed by atoms with van der Waals surface area (Å²) < 4.78 is 14.9. The van der Waals surface area contributed by atoms with E-state index in [1.165, 1.54) is 11.1 Å². The molecule has 2 aromatic carbocycles. The van der Waals surface area contributed by atoms with Gasteiger partial charge in [-0.15, -0.1) is 0 Å². The van der Waals surface area contributed by atoms with E-state index in [1.54, 1.807) is 12.1 Å². The first kappa shape index (κ1) is 22.4. The van der Waals surface area contributed by atoms with Crippen LogP contribution in [0.15, 0.2) is 59.9 Å². The van der Waals surface area contributed by atoms with Crippen LogP contribution in [-0.4, -0.2) is 37.6 Å². The highest BCUT2D eigenvalue weighted by atomic mass is 19.1. The van der Waals surface area contributed by atoms with Crippen LogP contribution in [0, 0.1) is 19.7 Å². The van der Waals surface area contributed by atoms with Crippen LogP contribution in [0.1, 0.15) is 34.7 Å². The van der Waals surface area contributed by atoms with Crippen LogP contribution >= 0.6 is 0 Å². The summed E-state index contributed by atoms with van der Waals surface area (Å²) in [4.78, 5) is 7.25. The van der Waals surface area contributed by atoms with Gasteiger partial charge in [-0.3, -0.25) is 0 Å². The molecule has 0 spiro atoms. The first-order valence-electron chi connectivity index (χ1n) is 12.0. The van der Waals surface area contributed by atoms with Gasteiger partial charge in [0, 0.05) is 36.8 Å². The average molecular weight is 458 g/mol. The van der Waals surface area contributed by atoms with E-state index >= 15 is 0 Å². The number of fused-ring (bicyclic) bond motifs is 1. The lowest BCUT2D eigenvalue weighted by Crippen LogP contribution is -2.78. The van der Waals surface area contributed by atoms with E-state index in [4.69, 9.17) is 4.99 Å². The molecule has 3 aliphatic rings. The fraction of sp³-hybridized carbons (Fsp3) is 0.321. The Morgan fingerprint density at radius 2 is 2.18 bits per heavy atom. The minimum Gasteiger partial charge on any atom is -0.366 e. The fourth-order valence-corrected chi connectivity index (χ4v) is 5.15. The summed E-state index contributed by atoms with van der Waals surface area (Å²) in [6, 6.07) is 8.86. The summed E-state index contributed by atoms with van der Waals surface area (Å²) in [7, 11) is 0. The van der Waals surface area contributed by atoms with Crippen LogP contribution in [0.5, 0.6) is 0 Å². The molecule has 5 nitrogen and oxygen atoms in total. The summed E-state index contributed by atoms with van der Waals surface area (Å²) in [5, 5.41) is 10.3. The Hall–Kier alpha value is -3.38. The van der Waals surface area contributed by atoms with Gasteiger partial charge in [0.2, 0.25) is 0 Å². The number of halogens is 1. The van der Waals surface area contributed by atoms with Gasteiger partial charge in [0.05, 0.1) is 28.8 Å². The van der Waals surface area contributed by atoms with Crippen molar-refractivity contribution in [2.45, 2.75) is 39.3 Å². The Morgan fingerprint density at radius 1 is 1.35 bits per heavy atom. The number of rotatable bonds is 7. The van der Waals surface area contributed by atoms with Crippen molar-refractivity contribution in [2.24, 2.45) is 4.99 Å². The minimum absolute atomic E-state index is 0.256. The zero-order valence-corrected chi connectivity index (χ0v) is 20.1. The number of hydrogen-bond acceptors (Lipinski definition) is 5. The molecule has 0 saturated carbocycles. The minimum atomic E-state index is -0.256. The molecule has 3 heterocycles. The number of nitrogens with zero attached hydrogens (tertiary/aromatic N) is 2. The molecule has 3 N–H and O–H groups in total.